The molecule has 3 aliphatic heterocycles. The summed E-state index contributed by atoms with van der Waals surface area (Å²) in [7, 11) is 0. The van der Waals surface area contributed by atoms with Gasteiger partial charge in [0.05, 0.1) is 10.9 Å². The Hall–Kier alpha value is -3.27. The fraction of sp³-hybridized carbons (Fsp3) is 0.452. The molecule has 0 bridgehead atoms. The van der Waals surface area contributed by atoms with Crippen molar-refractivity contribution in [2.45, 2.75) is 38.1 Å². The zero-order valence-electron chi connectivity index (χ0n) is 23.2. The maximum absolute atomic E-state index is 16.6. The van der Waals surface area contributed by atoms with Crippen LogP contribution >= 0.6 is 11.6 Å². The van der Waals surface area contributed by atoms with Crippen molar-refractivity contribution < 1.29 is 14.2 Å². The number of aromatic hydroxyl groups is 1. The van der Waals surface area contributed by atoms with Crippen LogP contribution in [0.3, 0.4) is 0 Å². The van der Waals surface area contributed by atoms with Gasteiger partial charge in [-0.2, -0.15) is 9.97 Å². The van der Waals surface area contributed by atoms with Crippen LogP contribution in [0.15, 0.2) is 36.5 Å². The van der Waals surface area contributed by atoms with Gasteiger partial charge in [-0.25, -0.2) is 4.39 Å². The molecule has 0 aliphatic carbocycles. The van der Waals surface area contributed by atoms with Gasteiger partial charge in [-0.1, -0.05) is 30.7 Å². The predicted octanol–water partition coefficient (Wildman–Crippen LogP) is 5.49. The monoisotopic (exact) mass is 576 g/mol. The maximum atomic E-state index is 16.6. The van der Waals surface area contributed by atoms with Gasteiger partial charge < -0.3 is 19.6 Å². The zero-order chi connectivity index (χ0) is 28.1. The topological polar surface area (TPSA) is 77.9 Å². The van der Waals surface area contributed by atoms with Crippen LogP contribution in [0.1, 0.15) is 32.6 Å². The molecule has 0 atom stereocenters. The largest absolute Gasteiger partial charge is 0.508 e. The molecule has 214 valence electrons. The van der Waals surface area contributed by atoms with Gasteiger partial charge in [0.1, 0.15) is 29.4 Å². The Kier molecular flexibility index (Phi) is 6.84. The Balaban J connectivity index is 1.34. The quantitative estimate of drug-likeness (QED) is 0.323. The molecule has 0 saturated carbocycles. The number of phenols is 1. The van der Waals surface area contributed by atoms with Crippen molar-refractivity contribution in [3.8, 4) is 23.0 Å². The Bertz CT molecular complexity index is 1620. The van der Waals surface area contributed by atoms with Gasteiger partial charge in [0.25, 0.3) is 0 Å². The number of fused-ring (bicyclic) bond motifs is 3. The highest BCUT2D eigenvalue weighted by molar-refractivity contribution is 6.36. The van der Waals surface area contributed by atoms with E-state index in [1.54, 1.807) is 24.4 Å². The number of hydrogen-bond acceptors (Lipinski definition) is 8. The van der Waals surface area contributed by atoms with Crippen LogP contribution in [-0.4, -0.2) is 87.8 Å². The lowest BCUT2D eigenvalue weighted by molar-refractivity contribution is 0.108. The molecule has 5 heterocycles. The molecule has 3 fully saturated rings. The van der Waals surface area contributed by atoms with Crippen LogP contribution in [-0.2, 0) is 0 Å². The molecule has 3 aliphatic rings. The van der Waals surface area contributed by atoms with Crippen molar-refractivity contribution in [1.82, 2.24) is 24.8 Å². The Labute approximate surface area is 243 Å². The van der Waals surface area contributed by atoms with Crippen LogP contribution in [0.5, 0.6) is 11.8 Å². The first-order valence-electron chi connectivity index (χ1n) is 14.6. The SMILES string of the molecule is CCN1CCN(c2nc(OCC34CCCN3CCC4)nc3c(F)c(-c4cc(O)cc5cccc(Cl)c45)ncc23)CC1. The first-order chi connectivity index (χ1) is 20.0. The molecule has 0 unspecified atom stereocenters. The number of ether oxygens (including phenoxy) is 1. The summed E-state index contributed by atoms with van der Waals surface area (Å²) >= 11 is 6.57. The summed E-state index contributed by atoms with van der Waals surface area (Å²) in [5, 5.41) is 12.8. The van der Waals surface area contributed by atoms with Gasteiger partial charge in [-0.15, -0.1) is 0 Å². The van der Waals surface area contributed by atoms with E-state index in [1.807, 2.05) is 6.07 Å². The van der Waals surface area contributed by atoms with E-state index in [9.17, 15) is 5.11 Å². The van der Waals surface area contributed by atoms with E-state index in [-0.39, 0.29) is 28.5 Å². The summed E-state index contributed by atoms with van der Waals surface area (Å²) in [5.74, 6) is 0.0652. The molecule has 10 heteroatoms. The fourth-order valence-electron chi connectivity index (χ4n) is 7.00. The Morgan fingerprint density at radius 1 is 1.05 bits per heavy atom. The maximum Gasteiger partial charge on any atom is 0.319 e. The number of aromatic nitrogens is 3. The molecule has 0 radical (unpaired) electrons. The predicted molar refractivity (Wildman–Crippen MR) is 160 cm³/mol. The summed E-state index contributed by atoms with van der Waals surface area (Å²) in [6.45, 7) is 9.18. The minimum absolute atomic E-state index is 0.00851. The van der Waals surface area contributed by atoms with E-state index >= 15 is 4.39 Å². The number of nitrogens with zero attached hydrogens (tertiary/aromatic N) is 6. The first kappa shape index (κ1) is 26.6. The smallest absolute Gasteiger partial charge is 0.319 e. The second kappa shape index (κ2) is 10.5. The van der Waals surface area contributed by atoms with Crippen LogP contribution in [0.2, 0.25) is 5.02 Å². The van der Waals surface area contributed by atoms with Crippen molar-refractivity contribution in [1.29, 1.82) is 0 Å². The average molecular weight is 577 g/mol. The summed E-state index contributed by atoms with van der Waals surface area (Å²) < 4.78 is 22.9. The summed E-state index contributed by atoms with van der Waals surface area (Å²) in [6.07, 6.45) is 6.17. The van der Waals surface area contributed by atoms with Crippen molar-refractivity contribution in [3.63, 3.8) is 0 Å². The van der Waals surface area contributed by atoms with E-state index in [4.69, 9.17) is 21.3 Å². The van der Waals surface area contributed by atoms with Gasteiger partial charge in [0, 0.05) is 48.3 Å². The lowest BCUT2D eigenvalue weighted by Crippen LogP contribution is -2.46. The van der Waals surface area contributed by atoms with E-state index in [1.165, 1.54) is 18.9 Å². The number of pyridine rings is 1. The minimum Gasteiger partial charge on any atom is -0.508 e. The second-order valence-electron chi connectivity index (χ2n) is 11.5. The van der Waals surface area contributed by atoms with Gasteiger partial charge in [0.15, 0.2) is 5.82 Å². The summed E-state index contributed by atoms with van der Waals surface area (Å²) in [5.41, 5.74) is 0.665. The van der Waals surface area contributed by atoms with Crippen LogP contribution in [0.25, 0.3) is 32.9 Å². The lowest BCUT2D eigenvalue weighted by Gasteiger charge is -2.35. The van der Waals surface area contributed by atoms with E-state index in [0.29, 0.717) is 39.2 Å². The molecule has 1 N–H and O–H groups in total. The molecule has 41 heavy (non-hydrogen) atoms. The van der Waals surface area contributed by atoms with Crippen LogP contribution in [0.4, 0.5) is 10.2 Å². The van der Waals surface area contributed by atoms with E-state index in [0.717, 1.165) is 58.7 Å². The molecular weight excluding hydrogens is 543 g/mol. The molecule has 4 aromatic rings. The third-order valence-corrected chi connectivity index (χ3v) is 9.52. The molecule has 8 nitrogen and oxygen atoms in total. The fourth-order valence-corrected chi connectivity index (χ4v) is 7.29. The Morgan fingerprint density at radius 3 is 2.59 bits per heavy atom. The highest BCUT2D eigenvalue weighted by atomic mass is 35.5. The normalized spacial score (nSPS) is 19.3. The highest BCUT2D eigenvalue weighted by Gasteiger charge is 2.45. The molecule has 0 spiro atoms. The van der Waals surface area contributed by atoms with Gasteiger partial charge in [-0.05, 0) is 68.9 Å². The highest BCUT2D eigenvalue weighted by Crippen LogP contribution is 2.41. The molecule has 0 amide bonds. The number of likely N-dealkylation sites (N-methyl/N-ethyl adjacent to an activating group) is 1. The number of halogens is 2. The van der Waals surface area contributed by atoms with E-state index < -0.39 is 5.82 Å². The van der Waals surface area contributed by atoms with Gasteiger partial charge >= 0.3 is 6.01 Å². The summed E-state index contributed by atoms with van der Waals surface area (Å²) in [6, 6.07) is 8.69. The van der Waals surface area contributed by atoms with E-state index in [2.05, 4.69) is 31.6 Å². The minimum atomic E-state index is -0.587. The number of piperazine rings is 1. The molecule has 7 rings (SSSR count). The molecule has 3 saturated heterocycles. The number of hydrogen-bond donors (Lipinski definition) is 1. The molecular formula is C31H34ClFN6O2. The second-order valence-corrected chi connectivity index (χ2v) is 11.9. The Morgan fingerprint density at radius 2 is 1.83 bits per heavy atom. The number of anilines is 1. The zero-order valence-corrected chi connectivity index (χ0v) is 24.0. The number of benzene rings is 2. The first-order valence-corrected chi connectivity index (χ1v) is 15.0. The van der Waals surface area contributed by atoms with Crippen LogP contribution in [0, 0.1) is 5.82 Å². The lowest BCUT2D eigenvalue weighted by atomic mass is 9.95. The van der Waals surface area contributed by atoms with Gasteiger partial charge in [0.2, 0.25) is 0 Å². The van der Waals surface area contributed by atoms with Crippen molar-refractivity contribution in [3.05, 3.63) is 47.4 Å². The standard InChI is InChI=1S/C31H34ClFN6O2/c1-2-37-12-14-38(15-13-37)29-23-18-34-27(22-17-21(40)16-20-6-3-7-24(32)25(20)22)26(33)28(23)35-30(36-29)41-19-31-8-4-10-39(31)11-5-9-31/h3,6-7,16-18,40H,2,4-5,8-15,19H2,1H3. The third kappa shape index (κ3) is 4.64. The molecule has 2 aromatic carbocycles. The van der Waals surface area contributed by atoms with Crippen LogP contribution < -0.4 is 9.64 Å². The van der Waals surface area contributed by atoms with Crippen molar-refractivity contribution in [2.24, 2.45) is 0 Å². The third-order valence-electron chi connectivity index (χ3n) is 9.21. The summed E-state index contributed by atoms with van der Waals surface area (Å²) in [4.78, 5) is 21.2. The van der Waals surface area contributed by atoms with Crippen molar-refractivity contribution in [2.75, 3.05) is 57.3 Å². The molecule has 2 aromatic heterocycles. The number of rotatable bonds is 6. The average Bonchev–Trinajstić information content (AvgIpc) is 3.56. The number of phenolic OH excluding ortho intramolecular Hbond substituents is 1. The van der Waals surface area contributed by atoms with Gasteiger partial charge in [-0.3, -0.25) is 9.88 Å². The van der Waals surface area contributed by atoms with Crippen molar-refractivity contribution >= 4 is 39.1 Å².